The average Bonchev–Trinajstić information content (AvgIpc) is 2.78. The Morgan fingerprint density at radius 2 is 1.58 bits per heavy atom. The molecule has 1 atom stereocenters. The van der Waals surface area contributed by atoms with Crippen LogP contribution in [0, 0.1) is 0 Å². The van der Waals surface area contributed by atoms with Crippen LogP contribution in [0.5, 0.6) is 11.5 Å². The summed E-state index contributed by atoms with van der Waals surface area (Å²) in [5, 5.41) is 5.06. The molecule has 0 aliphatic rings. The summed E-state index contributed by atoms with van der Waals surface area (Å²) < 4.78 is 11.5. The van der Waals surface area contributed by atoms with Crippen molar-refractivity contribution in [2.45, 2.75) is 39.0 Å². The van der Waals surface area contributed by atoms with E-state index in [1.165, 1.54) is 5.56 Å². The monoisotopic (exact) mass is 477 g/mol. The maximum absolute atomic E-state index is 6.51. The number of aryl methyl sites for hydroxylation is 1. The molecule has 0 amide bonds. The number of hydrogen-bond acceptors (Lipinski definition) is 3. The van der Waals surface area contributed by atoms with Crippen molar-refractivity contribution in [3.05, 3.63) is 92.4 Å². The van der Waals surface area contributed by atoms with Gasteiger partial charge >= 0.3 is 0 Å². The highest BCUT2D eigenvalue weighted by molar-refractivity contribution is 6.42. The van der Waals surface area contributed by atoms with E-state index in [-0.39, 0.29) is 0 Å². The quantitative estimate of drug-likeness (QED) is 0.330. The maximum atomic E-state index is 6.51. The van der Waals surface area contributed by atoms with Gasteiger partial charge in [0, 0.05) is 12.6 Å². The van der Waals surface area contributed by atoms with Crippen molar-refractivity contribution in [1.29, 1.82) is 0 Å². The fraction of sp³-hybridized carbons (Fsp3) is 0.280. The van der Waals surface area contributed by atoms with E-state index in [4.69, 9.17) is 44.3 Å². The molecule has 0 spiro atoms. The summed E-state index contributed by atoms with van der Waals surface area (Å²) in [6.07, 6.45) is 2.10. The molecule has 0 heterocycles. The Morgan fingerprint density at radius 1 is 0.839 bits per heavy atom. The number of benzene rings is 3. The molecule has 1 unspecified atom stereocenters. The number of nitrogens with one attached hydrogen (secondary N) is 1. The van der Waals surface area contributed by atoms with Crippen LogP contribution in [0.4, 0.5) is 0 Å². The standard InChI is InChI=1S/C25H26Cl3NO2/c1-17(8-9-18-6-4-3-5-7-18)29-15-20-13-23(28)25(24(14-20)30-2)31-16-19-10-11-21(26)22(27)12-19/h3-7,10-14,17,29H,8-9,15-16H2,1-2H3. The van der Waals surface area contributed by atoms with Crippen molar-refractivity contribution in [1.82, 2.24) is 5.32 Å². The van der Waals surface area contributed by atoms with Gasteiger partial charge in [-0.05, 0) is 60.7 Å². The van der Waals surface area contributed by atoms with Gasteiger partial charge in [0.1, 0.15) is 6.61 Å². The molecule has 3 aromatic rings. The lowest BCUT2D eigenvalue weighted by molar-refractivity contribution is 0.284. The van der Waals surface area contributed by atoms with E-state index >= 15 is 0 Å². The first kappa shape index (κ1) is 23.7. The Labute approximate surface area is 199 Å². The highest BCUT2D eigenvalue weighted by Crippen LogP contribution is 2.37. The molecule has 6 heteroatoms. The fourth-order valence-corrected chi connectivity index (χ4v) is 3.83. The highest BCUT2D eigenvalue weighted by Gasteiger charge is 2.13. The minimum atomic E-state index is 0.307. The van der Waals surface area contributed by atoms with Gasteiger partial charge in [0.15, 0.2) is 11.5 Å². The van der Waals surface area contributed by atoms with Crippen molar-refractivity contribution < 1.29 is 9.47 Å². The molecule has 3 nitrogen and oxygen atoms in total. The Kier molecular flexibility index (Phi) is 8.91. The largest absolute Gasteiger partial charge is 0.493 e. The molecule has 3 rings (SSSR count). The molecular formula is C25H26Cl3NO2. The molecule has 0 saturated heterocycles. The van der Waals surface area contributed by atoms with Gasteiger partial charge in [-0.3, -0.25) is 0 Å². The van der Waals surface area contributed by atoms with Crippen molar-refractivity contribution in [2.75, 3.05) is 7.11 Å². The molecule has 0 aliphatic heterocycles. The van der Waals surface area contributed by atoms with Crippen LogP contribution in [0.2, 0.25) is 15.1 Å². The summed E-state index contributed by atoms with van der Waals surface area (Å²) in [7, 11) is 1.61. The molecule has 31 heavy (non-hydrogen) atoms. The summed E-state index contributed by atoms with van der Waals surface area (Å²) in [4.78, 5) is 0. The SMILES string of the molecule is COc1cc(CNC(C)CCc2ccccc2)cc(Cl)c1OCc1ccc(Cl)c(Cl)c1. The van der Waals surface area contributed by atoms with Crippen molar-refractivity contribution in [3.8, 4) is 11.5 Å². The summed E-state index contributed by atoms with van der Waals surface area (Å²) >= 11 is 18.6. The molecule has 164 valence electrons. The Hall–Kier alpha value is -1.91. The van der Waals surface area contributed by atoms with Crippen LogP contribution in [0.15, 0.2) is 60.7 Å². The molecule has 0 fully saturated rings. The van der Waals surface area contributed by atoms with Crippen molar-refractivity contribution in [2.24, 2.45) is 0 Å². The van der Waals surface area contributed by atoms with Crippen LogP contribution in [0.25, 0.3) is 0 Å². The average molecular weight is 479 g/mol. The highest BCUT2D eigenvalue weighted by atomic mass is 35.5. The third kappa shape index (κ3) is 7.05. The van der Waals surface area contributed by atoms with Crippen LogP contribution < -0.4 is 14.8 Å². The zero-order valence-electron chi connectivity index (χ0n) is 17.6. The lowest BCUT2D eigenvalue weighted by Gasteiger charge is -2.17. The molecule has 0 aliphatic carbocycles. The van der Waals surface area contributed by atoms with E-state index in [9.17, 15) is 0 Å². The van der Waals surface area contributed by atoms with E-state index in [1.807, 2.05) is 24.3 Å². The zero-order chi connectivity index (χ0) is 22.2. The minimum Gasteiger partial charge on any atom is -0.493 e. The van der Waals surface area contributed by atoms with Gasteiger partial charge in [-0.2, -0.15) is 0 Å². The predicted molar refractivity (Wildman–Crippen MR) is 130 cm³/mol. The van der Waals surface area contributed by atoms with E-state index in [0.29, 0.717) is 45.8 Å². The smallest absolute Gasteiger partial charge is 0.180 e. The van der Waals surface area contributed by atoms with Crippen LogP contribution in [0.1, 0.15) is 30.0 Å². The first-order valence-electron chi connectivity index (χ1n) is 10.2. The lowest BCUT2D eigenvalue weighted by Crippen LogP contribution is -2.26. The van der Waals surface area contributed by atoms with Crippen LogP contribution in [0.3, 0.4) is 0 Å². The number of methoxy groups -OCH3 is 1. The molecule has 0 aromatic heterocycles. The van der Waals surface area contributed by atoms with Gasteiger partial charge in [-0.25, -0.2) is 0 Å². The predicted octanol–water partition coefficient (Wildman–Crippen LogP) is 7.35. The van der Waals surface area contributed by atoms with Gasteiger partial charge in [0.2, 0.25) is 0 Å². The van der Waals surface area contributed by atoms with E-state index in [1.54, 1.807) is 19.2 Å². The number of halogens is 3. The van der Waals surface area contributed by atoms with E-state index in [2.05, 4.69) is 36.5 Å². The Morgan fingerprint density at radius 3 is 2.29 bits per heavy atom. The van der Waals surface area contributed by atoms with Gasteiger partial charge in [-0.1, -0.05) is 71.2 Å². The fourth-order valence-electron chi connectivity index (χ4n) is 3.22. The molecule has 1 N–H and O–H groups in total. The maximum Gasteiger partial charge on any atom is 0.180 e. The van der Waals surface area contributed by atoms with Gasteiger partial charge < -0.3 is 14.8 Å². The minimum absolute atomic E-state index is 0.307. The molecular weight excluding hydrogens is 453 g/mol. The van der Waals surface area contributed by atoms with Crippen LogP contribution in [-0.2, 0) is 19.6 Å². The summed E-state index contributed by atoms with van der Waals surface area (Å²) in [6.45, 7) is 3.19. The lowest BCUT2D eigenvalue weighted by atomic mass is 10.1. The molecule has 0 bridgehead atoms. The van der Waals surface area contributed by atoms with Gasteiger partial charge in [0.05, 0.1) is 22.2 Å². The molecule has 0 saturated carbocycles. The summed E-state index contributed by atoms with van der Waals surface area (Å²) in [5.41, 5.74) is 3.28. The Bertz CT molecular complexity index is 996. The Balaban J connectivity index is 1.58. The second-order valence-corrected chi connectivity index (χ2v) is 8.67. The van der Waals surface area contributed by atoms with Gasteiger partial charge in [0.25, 0.3) is 0 Å². The van der Waals surface area contributed by atoms with Crippen molar-refractivity contribution >= 4 is 34.8 Å². The number of hydrogen-bond donors (Lipinski definition) is 1. The number of rotatable bonds is 10. The van der Waals surface area contributed by atoms with E-state index < -0.39 is 0 Å². The second-order valence-electron chi connectivity index (χ2n) is 7.45. The third-order valence-electron chi connectivity index (χ3n) is 5.02. The summed E-state index contributed by atoms with van der Waals surface area (Å²) in [5.74, 6) is 1.11. The third-order valence-corrected chi connectivity index (χ3v) is 6.04. The number of ether oxygens (including phenoxy) is 2. The van der Waals surface area contributed by atoms with E-state index in [0.717, 1.165) is 24.0 Å². The zero-order valence-corrected chi connectivity index (χ0v) is 19.9. The topological polar surface area (TPSA) is 30.5 Å². The van der Waals surface area contributed by atoms with Crippen LogP contribution in [-0.4, -0.2) is 13.2 Å². The van der Waals surface area contributed by atoms with Gasteiger partial charge in [-0.15, -0.1) is 0 Å². The second kappa shape index (κ2) is 11.6. The summed E-state index contributed by atoms with van der Waals surface area (Å²) in [6, 6.07) is 20.1. The van der Waals surface area contributed by atoms with Crippen molar-refractivity contribution in [3.63, 3.8) is 0 Å². The normalized spacial score (nSPS) is 11.9. The van der Waals surface area contributed by atoms with Crippen LogP contribution >= 0.6 is 34.8 Å². The first-order chi connectivity index (χ1) is 15.0. The molecule has 0 radical (unpaired) electrons. The molecule has 3 aromatic carbocycles. The first-order valence-corrected chi connectivity index (χ1v) is 11.3.